The highest BCUT2D eigenvalue weighted by Crippen LogP contribution is 2.30. The van der Waals surface area contributed by atoms with Crippen LogP contribution in [0.15, 0.2) is 24.3 Å². The molecule has 0 saturated carbocycles. The van der Waals surface area contributed by atoms with E-state index in [0.29, 0.717) is 22.6 Å². The molecule has 2 atom stereocenters. The van der Waals surface area contributed by atoms with Gasteiger partial charge >= 0.3 is 0 Å². The van der Waals surface area contributed by atoms with Crippen molar-refractivity contribution in [2.75, 3.05) is 20.1 Å². The second-order valence-electron chi connectivity index (χ2n) is 6.78. The van der Waals surface area contributed by atoms with Gasteiger partial charge in [0.25, 0.3) is 5.91 Å². The topological polar surface area (TPSA) is 39.3 Å². The summed E-state index contributed by atoms with van der Waals surface area (Å²) in [4.78, 5) is 20.4. The van der Waals surface area contributed by atoms with Crippen molar-refractivity contribution in [3.8, 4) is 0 Å². The van der Waals surface area contributed by atoms with Gasteiger partial charge in [-0.15, -0.1) is 0 Å². The van der Waals surface area contributed by atoms with Crippen molar-refractivity contribution in [2.45, 2.75) is 37.8 Å². The number of aromatic nitrogens is 1. The third-order valence-electron chi connectivity index (χ3n) is 5.42. The maximum absolute atomic E-state index is 13.9. The zero-order chi connectivity index (χ0) is 16.0. The number of aromatic amines is 1. The van der Waals surface area contributed by atoms with E-state index in [4.69, 9.17) is 0 Å². The number of nitrogens with zero attached hydrogens (tertiary/aromatic N) is 2. The number of rotatable bonds is 2. The second-order valence-corrected chi connectivity index (χ2v) is 6.78. The molecule has 122 valence electrons. The van der Waals surface area contributed by atoms with Crippen molar-refractivity contribution >= 4 is 16.8 Å². The maximum atomic E-state index is 13.9. The first-order valence-corrected chi connectivity index (χ1v) is 8.43. The normalized spacial score (nSPS) is 25.6. The first kappa shape index (κ1) is 14.7. The molecule has 0 aliphatic carbocycles. The minimum absolute atomic E-state index is 0.00315. The van der Waals surface area contributed by atoms with E-state index < -0.39 is 0 Å². The molecule has 2 aliphatic rings. The third-order valence-corrected chi connectivity index (χ3v) is 5.42. The quantitative estimate of drug-likeness (QED) is 0.925. The minimum Gasteiger partial charge on any atom is -0.350 e. The number of halogens is 1. The number of H-pyrrole nitrogens is 1. The van der Waals surface area contributed by atoms with Gasteiger partial charge in [-0.3, -0.25) is 4.79 Å². The molecule has 2 aromatic rings. The van der Waals surface area contributed by atoms with Crippen molar-refractivity contribution in [2.24, 2.45) is 0 Å². The first-order chi connectivity index (χ1) is 11.1. The van der Waals surface area contributed by atoms with Gasteiger partial charge in [-0.25, -0.2) is 4.39 Å². The van der Waals surface area contributed by atoms with E-state index in [1.54, 1.807) is 18.2 Å². The van der Waals surface area contributed by atoms with Crippen LogP contribution < -0.4 is 0 Å². The number of carbonyl (C=O) groups is 1. The van der Waals surface area contributed by atoms with Crippen LogP contribution in [0.1, 0.15) is 36.2 Å². The third kappa shape index (κ3) is 2.43. The Kier molecular flexibility index (Phi) is 3.60. The molecule has 1 aromatic carbocycles. The number of hydrogen-bond acceptors (Lipinski definition) is 2. The SMILES string of the molecule is CN1CCC[C@@H]1[C@H]1CCCN1C(=O)c1cc2c(F)cccc2[nH]1. The Bertz CT molecular complexity index is 741. The molecule has 2 aliphatic heterocycles. The predicted molar refractivity (Wildman–Crippen MR) is 88.0 cm³/mol. The summed E-state index contributed by atoms with van der Waals surface area (Å²) in [5, 5.41) is 0.490. The smallest absolute Gasteiger partial charge is 0.270 e. The Labute approximate surface area is 135 Å². The Morgan fingerprint density at radius 1 is 1.22 bits per heavy atom. The van der Waals surface area contributed by atoms with Crippen LogP contribution in [0, 0.1) is 5.82 Å². The molecule has 1 aromatic heterocycles. The summed E-state index contributed by atoms with van der Waals surface area (Å²) in [6, 6.07) is 7.29. The van der Waals surface area contributed by atoms with E-state index in [1.807, 2.05) is 4.90 Å². The van der Waals surface area contributed by atoms with Crippen LogP contribution in [0.2, 0.25) is 0 Å². The van der Waals surface area contributed by atoms with Gasteiger partial charge in [0.15, 0.2) is 0 Å². The van der Waals surface area contributed by atoms with Crippen LogP contribution in [-0.4, -0.2) is 52.9 Å². The summed E-state index contributed by atoms with van der Waals surface area (Å²) in [6.45, 7) is 1.91. The van der Waals surface area contributed by atoms with Gasteiger partial charge in [0.2, 0.25) is 0 Å². The van der Waals surface area contributed by atoms with Crippen molar-refractivity contribution < 1.29 is 9.18 Å². The summed E-state index contributed by atoms with van der Waals surface area (Å²) >= 11 is 0. The van der Waals surface area contributed by atoms with E-state index in [0.717, 1.165) is 32.4 Å². The van der Waals surface area contributed by atoms with E-state index in [9.17, 15) is 9.18 Å². The molecule has 0 radical (unpaired) electrons. The summed E-state index contributed by atoms with van der Waals surface area (Å²) in [5.41, 5.74) is 1.18. The number of likely N-dealkylation sites (tertiary alicyclic amines) is 2. The van der Waals surface area contributed by atoms with Gasteiger partial charge in [-0.05, 0) is 57.5 Å². The molecule has 0 bridgehead atoms. The van der Waals surface area contributed by atoms with Gasteiger partial charge in [0.05, 0.1) is 0 Å². The summed E-state index contributed by atoms with van der Waals surface area (Å²) in [5.74, 6) is -0.283. The molecule has 3 heterocycles. The number of likely N-dealkylation sites (N-methyl/N-ethyl adjacent to an activating group) is 1. The fraction of sp³-hybridized carbons (Fsp3) is 0.500. The van der Waals surface area contributed by atoms with Crippen LogP contribution in [0.25, 0.3) is 10.9 Å². The van der Waals surface area contributed by atoms with Gasteiger partial charge in [-0.2, -0.15) is 0 Å². The molecule has 0 spiro atoms. The van der Waals surface area contributed by atoms with Crippen molar-refractivity contribution in [1.29, 1.82) is 0 Å². The van der Waals surface area contributed by atoms with Crippen molar-refractivity contribution in [3.63, 3.8) is 0 Å². The monoisotopic (exact) mass is 315 g/mol. The lowest BCUT2D eigenvalue weighted by Gasteiger charge is -2.33. The molecule has 2 saturated heterocycles. The largest absolute Gasteiger partial charge is 0.350 e. The zero-order valence-electron chi connectivity index (χ0n) is 13.4. The van der Waals surface area contributed by atoms with Crippen LogP contribution in [-0.2, 0) is 0 Å². The average Bonchev–Trinajstić information content (AvgIpc) is 3.24. The number of amides is 1. The van der Waals surface area contributed by atoms with Gasteiger partial charge in [0.1, 0.15) is 11.5 Å². The van der Waals surface area contributed by atoms with E-state index in [2.05, 4.69) is 16.9 Å². The molecule has 23 heavy (non-hydrogen) atoms. The lowest BCUT2D eigenvalue weighted by atomic mass is 10.0. The van der Waals surface area contributed by atoms with Crippen LogP contribution in [0.4, 0.5) is 4.39 Å². The fourth-order valence-corrected chi connectivity index (χ4v) is 4.26. The average molecular weight is 315 g/mol. The number of fused-ring (bicyclic) bond motifs is 1. The molecule has 0 unspecified atom stereocenters. The first-order valence-electron chi connectivity index (χ1n) is 8.43. The Morgan fingerprint density at radius 2 is 2.00 bits per heavy atom. The molecule has 5 heteroatoms. The minimum atomic E-state index is -0.286. The van der Waals surface area contributed by atoms with Crippen LogP contribution >= 0.6 is 0 Å². The number of hydrogen-bond donors (Lipinski definition) is 1. The molecular weight excluding hydrogens is 293 g/mol. The van der Waals surface area contributed by atoms with E-state index in [-0.39, 0.29) is 17.8 Å². The molecular formula is C18H22FN3O. The highest BCUT2D eigenvalue weighted by atomic mass is 19.1. The highest BCUT2D eigenvalue weighted by Gasteiger charge is 2.38. The van der Waals surface area contributed by atoms with Gasteiger partial charge in [0, 0.05) is 29.5 Å². The van der Waals surface area contributed by atoms with Crippen LogP contribution in [0.3, 0.4) is 0 Å². The molecule has 2 fully saturated rings. The van der Waals surface area contributed by atoms with Gasteiger partial charge < -0.3 is 14.8 Å². The lowest BCUT2D eigenvalue weighted by molar-refractivity contribution is 0.0659. The number of nitrogens with one attached hydrogen (secondary N) is 1. The molecule has 1 amide bonds. The standard InChI is InChI=1S/C18H22FN3O/c1-21-9-3-7-16(21)17-8-4-10-22(17)18(23)15-11-12-13(19)5-2-6-14(12)20-15/h2,5-6,11,16-17,20H,3-4,7-10H2,1H3/t16-,17-/m1/s1. The maximum Gasteiger partial charge on any atom is 0.270 e. The molecule has 4 rings (SSSR count). The number of carbonyl (C=O) groups excluding carboxylic acids is 1. The summed E-state index contributed by atoms with van der Waals surface area (Å²) in [7, 11) is 2.15. The van der Waals surface area contributed by atoms with E-state index >= 15 is 0 Å². The van der Waals surface area contributed by atoms with Crippen molar-refractivity contribution in [1.82, 2.24) is 14.8 Å². The fourth-order valence-electron chi connectivity index (χ4n) is 4.26. The molecule has 4 nitrogen and oxygen atoms in total. The molecule has 1 N–H and O–H groups in total. The Hall–Kier alpha value is -1.88. The number of benzene rings is 1. The van der Waals surface area contributed by atoms with Crippen LogP contribution in [0.5, 0.6) is 0 Å². The Balaban J connectivity index is 1.63. The lowest BCUT2D eigenvalue weighted by Crippen LogP contribution is -2.47. The summed E-state index contributed by atoms with van der Waals surface area (Å²) in [6.07, 6.45) is 4.48. The van der Waals surface area contributed by atoms with Crippen molar-refractivity contribution in [3.05, 3.63) is 35.8 Å². The van der Waals surface area contributed by atoms with E-state index in [1.165, 1.54) is 12.5 Å². The predicted octanol–water partition coefficient (Wildman–Crippen LogP) is 3.01. The highest BCUT2D eigenvalue weighted by molar-refractivity contribution is 5.98. The van der Waals surface area contributed by atoms with Gasteiger partial charge in [-0.1, -0.05) is 6.07 Å². The second kappa shape index (κ2) is 5.64. The Morgan fingerprint density at radius 3 is 2.74 bits per heavy atom. The zero-order valence-corrected chi connectivity index (χ0v) is 13.4. The summed E-state index contributed by atoms with van der Waals surface area (Å²) < 4.78 is 13.9.